The van der Waals surface area contributed by atoms with Crippen LogP contribution in [0, 0.1) is 11.3 Å². The Morgan fingerprint density at radius 2 is 2.22 bits per heavy atom. The fourth-order valence-corrected chi connectivity index (χ4v) is 2.92. The van der Waals surface area contributed by atoms with E-state index in [-0.39, 0.29) is 5.76 Å². The molecule has 1 heterocycles. The summed E-state index contributed by atoms with van der Waals surface area (Å²) in [6, 6.07) is 6.14. The van der Waals surface area contributed by atoms with Gasteiger partial charge in [-0.1, -0.05) is 0 Å². The van der Waals surface area contributed by atoms with Crippen LogP contribution < -0.4 is 0 Å². The molecule has 0 amide bonds. The summed E-state index contributed by atoms with van der Waals surface area (Å²) in [6.07, 6.45) is 4.09. The quantitative estimate of drug-likeness (QED) is 0.741. The molecule has 1 aromatic heterocycles. The van der Waals surface area contributed by atoms with Crippen molar-refractivity contribution in [2.75, 3.05) is 0 Å². The maximum Gasteiger partial charge on any atom is 0.111 e. The van der Waals surface area contributed by atoms with E-state index in [2.05, 4.69) is 40.1 Å². The molecule has 0 saturated heterocycles. The third kappa shape index (κ3) is 1.68. The number of benzene rings is 1. The fourth-order valence-electron chi connectivity index (χ4n) is 2.38. The first-order valence-corrected chi connectivity index (χ1v) is 6.66. The van der Waals surface area contributed by atoms with Gasteiger partial charge in [-0.25, -0.2) is 2.90 Å². The number of aryl methyl sites for hydroxylation is 1. The first-order valence-electron chi connectivity index (χ1n) is 5.70. The molecule has 0 aliphatic heterocycles. The summed E-state index contributed by atoms with van der Waals surface area (Å²) in [5, 5.41) is 24.3. The van der Waals surface area contributed by atoms with E-state index in [1.165, 1.54) is 0 Å². The van der Waals surface area contributed by atoms with Crippen LogP contribution in [0.15, 0.2) is 24.1 Å². The monoisotopic (exact) mass is 351 g/mol. The molecule has 3 rings (SSSR count). The summed E-state index contributed by atoms with van der Waals surface area (Å²) in [7, 11) is 0. The number of aromatic nitrogens is 2. The SMILES string of the molecule is N#CC1=C(O)CCCc2cc3c(cnn3I)cc21. The first-order chi connectivity index (χ1) is 8.70. The molecule has 2 aromatic rings. The van der Waals surface area contributed by atoms with Crippen molar-refractivity contribution < 1.29 is 5.11 Å². The Morgan fingerprint density at radius 1 is 1.39 bits per heavy atom. The topological polar surface area (TPSA) is 61.8 Å². The van der Waals surface area contributed by atoms with E-state index in [0.717, 1.165) is 34.9 Å². The number of rotatable bonds is 0. The number of aliphatic hydroxyl groups is 1. The minimum Gasteiger partial charge on any atom is -0.511 e. The van der Waals surface area contributed by atoms with Crippen molar-refractivity contribution in [2.45, 2.75) is 19.3 Å². The van der Waals surface area contributed by atoms with E-state index < -0.39 is 0 Å². The van der Waals surface area contributed by atoms with Gasteiger partial charge in [-0.3, -0.25) is 0 Å². The van der Waals surface area contributed by atoms with Crippen molar-refractivity contribution in [3.05, 3.63) is 35.2 Å². The number of hydrogen-bond acceptors (Lipinski definition) is 3. The van der Waals surface area contributed by atoms with Crippen molar-refractivity contribution in [3.8, 4) is 6.07 Å². The molecule has 0 radical (unpaired) electrons. The number of aliphatic hydroxyl groups excluding tert-OH is 1. The van der Waals surface area contributed by atoms with Gasteiger partial charge in [-0.2, -0.15) is 10.4 Å². The largest absolute Gasteiger partial charge is 0.511 e. The molecule has 5 heteroatoms. The molecule has 0 atom stereocenters. The Hall–Kier alpha value is -1.55. The summed E-state index contributed by atoms with van der Waals surface area (Å²) < 4.78 is 1.80. The molecular formula is C13H10IN3O. The Kier molecular flexibility index (Phi) is 2.74. The standard InChI is InChI=1S/C13H10IN3O/c14-17-12-5-8-2-1-3-13(18)11(6-15)10(8)4-9(12)7-16-17/h4-5,7,18H,1-3H2. The lowest BCUT2D eigenvalue weighted by Crippen LogP contribution is -1.92. The summed E-state index contributed by atoms with van der Waals surface area (Å²) in [5.41, 5.74) is 3.42. The van der Waals surface area contributed by atoms with Gasteiger partial charge < -0.3 is 5.11 Å². The number of nitriles is 1. The highest BCUT2D eigenvalue weighted by atomic mass is 127. The second kappa shape index (κ2) is 4.28. The molecule has 0 saturated carbocycles. The molecule has 1 aliphatic rings. The number of allylic oxidation sites excluding steroid dienone is 2. The van der Waals surface area contributed by atoms with Gasteiger partial charge in [-0.05, 0) is 36.1 Å². The predicted molar refractivity (Wildman–Crippen MR) is 77.3 cm³/mol. The van der Waals surface area contributed by atoms with Crippen LogP contribution in [0.2, 0.25) is 0 Å². The summed E-state index contributed by atoms with van der Waals surface area (Å²) in [5.74, 6) is 0.206. The van der Waals surface area contributed by atoms with Crippen LogP contribution in [-0.4, -0.2) is 13.1 Å². The molecule has 0 spiro atoms. The van der Waals surface area contributed by atoms with Crippen LogP contribution in [0.5, 0.6) is 0 Å². The second-order valence-corrected chi connectivity index (χ2v) is 5.27. The smallest absolute Gasteiger partial charge is 0.111 e. The summed E-state index contributed by atoms with van der Waals surface area (Å²) in [4.78, 5) is 0. The number of halogens is 1. The van der Waals surface area contributed by atoms with Gasteiger partial charge in [0.15, 0.2) is 0 Å². The van der Waals surface area contributed by atoms with Crippen LogP contribution in [0.4, 0.5) is 0 Å². The average molecular weight is 351 g/mol. The predicted octanol–water partition coefficient (Wildman–Crippen LogP) is 3.36. The van der Waals surface area contributed by atoms with E-state index in [1.54, 1.807) is 9.09 Å². The van der Waals surface area contributed by atoms with E-state index in [9.17, 15) is 10.4 Å². The third-order valence-corrected chi connectivity index (χ3v) is 4.05. The molecule has 1 aliphatic carbocycles. The van der Waals surface area contributed by atoms with Gasteiger partial charge in [-0.15, -0.1) is 0 Å². The number of hydrogen-bond donors (Lipinski definition) is 1. The molecule has 0 bridgehead atoms. The number of nitrogens with zero attached hydrogens (tertiary/aromatic N) is 3. The lowest BCUT2D eigenvalue weighted by Gasteiger charge is -2.06. The molecule has 90 valence electrons. The van der Waals surface area contributed by atoms with Crippen molar-refractivity contribution in [1.82, 2.24) is 7.99 Å². The van der Waals surface area contributed by atoms with Crippen molar-refractivity contribution in [1.29, 1.82) is 5.26 Å². The summed E-state index contributed by atoms with van der Waals surface area (Å²) in [6.45, 7) is 0. The van der Waals surface area contributed by atoms with Crippen molar-refractivity contribution in [2.24, 2.45) is 0 Å². The normalized spacial score (nSPS) is 15.3. The van der Waals surface area contributed by atoms with Crippen LogP contribution in [0.25, 0.3) is 16.5 Å². The molecule has 1 N–H and O–H groups in total. The average Bonchev–Trinajstić information content (AvgIpc) is 2.64. The third-order valence-electron chi connectivity index (χ3n) is 3.28. The highest BCUT2D eigenvalue weighted by Crippen LogP contribution is 2.32. The Morgan fingerprint density at radius 3 is 3.00 bits per heavy atom. The molecule has 18 heavy (non-hydrogen) atoms. The zero-order valence-corrected chi connectivity index (χ0v) is 11.7. The molecular weight excluding hydrogens is 341 g/mol. The van der Waals surface area contributed by atoms with Gasteiger partial charge in [0.05, 0.1) is 40.2 Å². The van der Waals surface area contributed by atoms with E-state index >= 15 is 0 Å². The summed E-state index contributed by atoms with van der Waals surface area (Å²) >= 11 is 2.14. The fraction of sp³-hybridized carbons (Fsp3) is 0.231. The lowest BCUT2D eigenvalue weighted by atomic mass is 9.98. The molecule has 0 unspecified atom stereocenters. The van der Waals surface area contributed by atoms with Gasteiger partial charge in [0.1, 0.15) is 11.8 Å². The van der Waals surface area contributed by atoms with Gasteiger partial charge in [0, 0.05) is 11.8 Å². The highest BCUT2D eigenvalue weighted by molar-refractivity contribution is 14.1. The Balaban J connectivity index is 2.34. The zero-order chi connectivity index (χ0) is 12.7. The molecule has 4 nitrogen and oxygen atoms in total. The Labute approximate surface area is 118 Å². The van der Waals surface area contributed by atoms with Gasteiger partial charge in [0.25, 0.3) is 0 Å². The van der Waals surface area contributed by atoms with Crippen molar-refractivity contribution >= 4 is 39.3 Å². The van der Waals surface area contributed by atoms with Crippen LogP contribution in [-0.2, 0) is 6.42 Å². The van der Waals surface area contributed by atoms with Crippen LogP contribution >= 0.6 is 22.9 Å². The van der Waals surface area contributed by atoms with Crippen molar-refractivity contribution in [3.63, 3.8) is 0 Å². The van der Waals surface area contributed by atoms with E-state index in [0.29, 0.717) is 12.0 Å². The van der Waals surface area contributed by atoms with E-state index in [4.69, 9.17) is 0 Å². The highest BCUT2D eigenvalue weighted by Gasteiger charge is 2.18. The minimum atomic E-state index is 0.206. The number of fused-ring (bicyclic) bond motifs is 2. The first kappa shape index (κ1) is 11.5. The lowest BCUT2D eigenvalue weighted by molar-refractivity contribution is 0.389. The second-order valence-electron chi connectivity index (χ2n) is 4.36. The van der Waals surface area contributed by atoms with E-state index in [1.807, 2.05) is 6.07 Å². The van der Waals surface area contributed by atoms with Gasteiger partial charge >= 0.3 is 0 Å². The van der Waals surface area contributed by atoms with Crippen LogP contribution in [0.1, 0.15) is 24.0 Å². The molecule has 0 fully saturated rings. The molecule has 1 aromatic carbocycles. The maximum atomic E-state index is 9.91. The zero-order valence-electron chi connectivity index (χ0n) is 9.52. The Bertz CT molecular complexity index is 709. The van der Waals surface area contributed by atoms with Gasteiger partial charge in [0.2, 0.25) is 0 Å². The maximum absolute atomic E-state index is 9.91. The minimum absolute atomic E-state index is 0.206. The van der Waals surface area contributed by atoms with Crippen LogP contribution in [0.3, 0.4) is 0 Å².